The number of rotatable bonds is 7. The number of nitrogens with zero attached hydrogens (tertiary/aromatic N) is 1. The van der Waals surface area contributed by atoms with Crippen LogP contribution >= 0.6 is 0 Å². The minimum atomic E-state index is -4.47. The minimum Gasteiger partial charge on any atom is -0.356 e. The highest BCUT2D eigenvalue weighted by molar-refractivity contribution is 7.89. The van der Waals surface area contributed by atoms with Crippen LogP contribution in [0.2, 0.25) is 0 Å². The van der Waals surface area contributed by atoms with Crippen molar-refractivity contribution in [1.29, 1.82) is 0 Å². The molecule has 0 aromatic carbocycles. The Labute approximate surface area is 142 Å². The van der Waals surface area contributed by atoms with Crippen molar-refractivity contribution in [3.05, 3.63) is 0 Å². The van der Waals surface area contributed by atoms with Crippen LogP contribution in [-0.4, -0.2) is 57.1 Å². The van der Waals surface area contributed by atoms with E-state index < -0.39 is 15.8 Å². The van der Waals surface area contributed by atoms with E-state index >= 15 is 0 Å². The Balaban J connectivity index is 1.62. The number of amides is 1. The van der Waals surface area contributed by atoms with Crippen LogP contribution in [0.4, 0.5) is 8.78 Å². The summed E-state index contributed by atoms with van der Waals surface area (Å²) in [5.41, 5.74) is 0. The van der Waals surface area contributed by atoms with Gasteiger partial charge in [-0.05, 0) is 57.0 Å². The Morgan fingerprint density at radius 3 is 2.33 bits per heavy atom. The molecule has 2 rings (SSSR count). The maximum atomic E-state index is 12.5. The fourth-order valence-electron chi connectivity index (χ4n) is 3.33. The molecule has 0 aromatic rings. The van der Waals surface area contributed by atoms with Crippen LogP contribution in [0.5, 0.6) is 0 Å². The van der Waals surface area contributed by atoms with Crippen LogP contribution in [0.1, 0.15) is 38.5 Å². The van der Waals surface area contributed by atoms with Gasteiger partial charge in [-0.3, -0.25) is 4.79 Å². The SMILES string of the molecule is O=C(CCC1CCNCC1)NCC1CCN(S(=O)(=O)C(F)F)CC1. The first-order chi connectivity index (χ1) is 11.4. The number of carbonyl (C=O) groups excluding carboxylic acids is 1. The minimum absolute atomic E-state index is 0.0242. The number of sulfonamides is 1. The molecule has 0 unspecified atom stereocenters. The van der Waals surface area contributed by atoms with Crippen LogP contribution in [-0.2, 0) is 14.8 Å². The summed E-state index contributed by atoms with van der Waals surface area (Å²) >= 11 is 0. The van der Waals surface area contributed by atoms with Crippen LogP contribution in [0, 0.1) is 11.8 Å². The van der Waals surface area contributed by atoms with Gasteiger partial charge in [-0.2, -0.15) is 13.1 Å². The molecule has 0 aliphatic carbocycles. The number of halogens is 2. The number of nitrogens with one attached hydrogen (secondary N) is 2. The summed E-state index contributed by atoms with van der Waals surface area (Å²) in [4.78, 5) is 11.9. The van der Waals surface area contributed by atoms with Crippen molar-refractivity contribution in [2.24, 2.45) is 11.8 Å². The molecular weight excluding hydrogens is 340 g/mol. The van der Waals surface area contributed by atoms with Gasteiger partial charge in [-0.15, -0.1) is 0 Å². The van der Waals surface area contributed by atoms with E-state index in [9.17, 15) is 22.0 Å². The second-order valence-electron chi connectivity index (χ2n) is 6.68. The lowest BCUT2D eigenvalue weighted by Gasteiger charge is -2.31. The topological polar surface area (TPSA) is 78.5 Å². The van der Waals surface area contributed by atoms with Crippen LogP contribution < -0.4 is 10.6 Å². The smallest absolute Gasteiger partial charge is 0.350 e. The fraction of sp³-hybridized carbons (Fsp3) is 0.933. The zero-order valence-electron chi connectivity index (χ0n) is 13.8. The molecule has 2 fully saturated rings. The quantitative estimate of drug-likeness (QED) is 0.708. The van der Waals surface area contributed by atoms with Gasteiger partial charge < -0.3 is 10.6 Å². The lowest BCUT2D eigenvalue weighted by Crippen LogP contribution is -2.43. The molecule has 2 heterocycles. The molecule has 2 N–H and O–H groups in total. The van der Waals surface area contributed by atoms with E-state index in [0.717, 1.165) is 36.7 Å². The van der Waals surface area contributed by atoms with Gasteiger partial charge in [0, 0.05) is 26.1 Å². The standard InChI is InChI=1S/C15H27F2N3O3S/c16-15(17)24(22,23)20-9-5-13(6-10-20)11-19-14(21)2-1-12-3-7-18-8-4-12/h12-13,15,18H,1-11H2,(H,19,21). The summed E-state index contributed by atoms with van der Waals surface area (Å²) in [6.45, 7) is 2.73. The summed E-state index contributed by atoms with van der Waals surface area (Å²) < 4.78 is 48.6. The molecule has 0 atom stereocenters. The molecule has 2 aliphatic rings. The van der Waals surface area contributed by atoms with E-state index in [1.54, 1.807) is 0 Å². The highest BCUT2D eigenvalue weighted by Gasteiger charge is 2.34. The second kappa shape index (κ2) is 9.05. The molecule has 140 valence electrons. The predicted octanol–water partition coefficient (Wildman–Crippen LogP) is 1.15. The van der Waals surface area contributed by atoms with Gasteiger partial charge in [0.25, 0.3) is 10.0 Å². The summed E-state index contributed by atoms with van der Waals surface area (Å²) in [6, 6.07) is 0. The number of hydrogen-bond acceptors (Lipinski definition) is 4. The van der Waals surface area contributed by atoms with Gasteiger partial charge in [0.2, 0.25) is 5.91 Å². The molecule has 24 heavy (non-hydrogen) atoms. The Bertz CT molecular complexity index is 502. The molecule has 0 spiro atoms. The van der Waals surface area contributed by atoms with Crippen molar-refractivity contribution >= 4 is 15.9 Å². The van der Waals surface area contributed by atoms with Crippen molar-refractivity contribution in [3.8, 4) is 0 Å². The van der Waals surface area contributed by atoms with E-state index in [1.165, 1.54) is 0 Å². The molecule has 0 aromatic heterocycles. The summed E-state index contributed by atoms with van der Waals surface area (Å²) in [6.07, 6.45) is 4.65. The Hall–Kier alpha value is -0.800. The molecule has 1 amide bonds. The van der Waals surface area contributed by atoms with Gasteiger partial charge in [-0.1, -0.05) is 0 Å². The third-order valence-corrected chi connectivity index (χ3v) is 6.52. The van der Waals surface area contributed by atoms with Crippen LogP contribution in [0.15, 0.2) is 0 Å². The van der Waals surface area contributed by atoms with Gasteiger partial charge in [0.1, 0.15) is 0 Å². The lowest BCUT2D eigenvalue weighted by atomic mass is 9.93. The number of piperidine rings is 2. The molecule has 0 bridgehead atoms. The first-order valence-corrected chi connectivity index (χ1v) is 10.1. The highest BCUT2D eigenvalue weighted by atomic mass is 32.2. The summed E-state index contributed by atoms with van der Waals surface area (Å²) in [7, 11) is -4.47. The molecule has 2 saturated heterocycles. The normalized spacial score (nSPS) is 22.0. The molecule has 0 saturated carbocycles. The number of carbonyl (C=O) groups is 1. The molecule has 0 radical (unpaired) electrons. The predicted molar refractivity (Wildman–Crippen MR) is 87.1 cm³/mol. The third kappa shape index (κ3) is 5.63. The molecular formula is C15H27F2N3O3S. The maximum Gasteiger partial charge on any atom is 0.350 e. The van der Waals surface area contributed by atoms with Crippen molar-refractivity contribution in [3.63, 3.8) is 0 Å². The zero-order valence-corrected chi connectivity index (χ0v) is 14.7. The highest BCUT2D eigenvalue weighted by Crippen LogP contribution is 2.22. The van der Waals surface area contributed by atoms with Crippen molar-refractivity contribution < 1.29 is 22.0 Å². The average Bonchev–Trinajstić information content (AvgIpc) is 2.59. The average molecular weight is 367 g/mol. The third-order valence-electron chi connectivity index (χ3n) is 4.98. The Morgan fingerprint density at radius 1 is 1.12 bits per heavy atom. The van der Waals surface area contributed by atoms with E-state index in [2.05, 4.69) is 10.6 Å². The largest absolute Gasteiger partial charge is 0.356 e. The summed E-state index contributed by atoms with van der Waals surface area (Å²) in [5, 5.41) is 6.19. The van der Waals surface area contributed by atoms with Crippen molar-refractivity contribution in [1.82, 2.24) is 14.9 Å². The van der Waals surface area contributed by atoms with E-state index in [4.69, 9.17) is 0 Å². The van der Waals surface area contributed by atoms with Crippen LogP contribution in [0.3, 0.4) is 0 Å². The molecule has 9 heteroatoms. The van der Waals surface area contributed by atoms with Gasteiger partial charge >= 0.3 is 5.76 Å². The Morgan fingerprint density at radius 2 is 1.75 bits per heavy atom. The van der Waals surface area contributed by atoms with E-state index in [-0.39, 0.29) is 24.9 Å². The number of hydrogen-bond donors (Lipinski definition) is 2. The van der Waals surface area contributed by atoms with Crippen molar-refractivity contribution in [2.45, 2.75) is 44.3 Å². The zero-order chi connectivity index (χ0) is 17.6. The second-order valence-corrected chi connectivity index (χ2v) is 8.59. The van der Waals surface area contributed by atoms with Gasteiger partial charge in [0.15, 0.2) is 0 Å². The number of alkyl halides is 2. The molecule has 2 aliphatic heterocycles. The van der Waals surface area contributed by atoms with E-state index in [0.29, 0.717) is 31.7 Å². The van der Waals surface area contributed by atoms with Gasteiger partial charge in [0.05, 0.1) is 0 Å². The van der Waals surface area contributed by atoms with E-state index in [1.807, 2.05) is 0 Å². The molecule has 6 nitrogen and oxygen atoms in total. The van der Waals surface area contributed by atoms with Crippen LogP contribution in [0.25, 0.3) is 0 Å². The maximum absolute atomic E-state index is 12.5. The summed E-state index contributed by atoms with van der Waals surface area (Å²) in [5.74, 6) is -2.57. The lowest BCUT2D eigenvalue weighted by molar-refractivity contribution is -0.121. The first kappa shape index (κ1) is 19.5. The van der Waals surface area contributed by atoms with Gasteiger partial charge in [-0.25, -0.2) is 8.42 Å². The monoisotopic (exact) mass is 367 g/mol. The Kier molecular flexibility index (Phi) is 7.36. The first-order valence-electron chi connectivity index (χ1n) is 8.64. The van der Waals surface area contributed by atoms with Crippen molar-refractivity contribution in [2.75, 3.05) is 32.7 Å². The fourth-order valence-corrected chi connectivity index (χ4v) is 4.28.